The maximum Gasteiger partial charge on any atom is 0.338 e. The van der Waals surface area contributed by atoms with Crippen molar-refractivity contribution in [2.24, 2.45) is 5.14 Å². The Hall–Kier alpha value is -1.40. The lowest BCUT2D eigenvalue weighted by atomic mass is 10.1. The number of primary sulfonamides is 1. The molecule has 1 aromatic carbocycles. The zero-order chi connectivity index (χ0) is 13.1. The number of ether oxygens (including phenoxy) is 1. The minimum Gasteiger partial charge on any atom is -0.462 e. The normalized spacial score (nSPS) is 11.2. The van der Waals surface area contributed by atoms with Gasteiger partial charge < -0.3 is 4.74 Å². The van der Waals surface area contributed by atoms with Gasteiger partial charge in [0.15, 0.2) is 0 Å². The Balaban J connectivity index is 3.28. The summed E-state index contributed by atoms with van der Waals surface area (Å²) in [5.41, 5.74) is 0.772. The van der Waals surface area contributed by atoms with E-state index >= 15 is 0 Å². The Morgan fingerprint density at radius 3 is 2.47 bits per heavy atom. The van der Waals surface area contributed by atoms with Crippen LogP contribution >= 0.6 is 0 Å². The summed E-state index contributed by atoms with van der Waals surface area (Å²) in [4.78, 5) is 11.4. The van der Waals surface area contributed by atoms with Crippen LogP contribution in [0.5, 0.6) is 0 Å². The molecule has 0 unspecified atom stereocenters. The smallest absolute Gasteiger partial charge is 0.338 e. The van der Waals surface area contributed by atoms with Crippen LogP contribution in [0.1, 0.15) is 29.8 Å². The monoisotopic (exact) mass is 257 g/mol. The Bertz CT molecular complexity index is 522. The van der Waals surface area contributed by atoms with E-state index in [1.807, 2.05) is 6.92 Å². The fraction of sp³-hybridized carbons (Fsp3) is 0.364. The van der Waals surface area contributed by atoms with E-state index in [0.717, 1.165) is 0 Å². The number of sulfonamides is 1. The van der Waals surface area contributed by atoms with Crippen molar-refractivity contribution in [2.75, 3.05) is 6.61 Å². The van der Waals surface area contributed by atoms with Gasteiger partial charge in [-0.3, -0.25) is 0 Å². The van der Waals surface area contributed by atoms with Crippen molar-refractivity contribution in [1.82, 2.24) is 0 Å². The molecule has 0 heterocycles. The number of benzene rings is 1. The van der Waals surface area contributed by atoms with Gasteiger partial charge in [-0.1, -0.05) is 13.0 Å². The van der Waals surface area contributed by atoms with Gasteiger partial charge in [0, 0.05) is 0 Å². The fourth-order valence-corrected chi connectivity index (χ4v) is 2.32. The van der Waals surface area contributed by atoms with Gasteiger partial charge in [0.25, 0.3) is 0 Å². The highest BCUT2D eigenvalue weighted by Crippen LogP contribution is 2.17. The number of hydrogen-bond acceptors (Lipinski definition) is 4. The number of rotatable bonds is 4. The van der Waals surface area contributed by atoms with Crippen molar-refractivity contribution in [3.05, 3.63) is 29.3 Å². The number of aryl methyl sites for hydroxylation is 1. The first-order valence-corrected chi connectivity index (χ1v) is 6.77. The maximum absolute atomic E-state index is 11.5. The quantitative estimate of drug-likeness (QED) is 0.817. The number of nitrogens with two attached hydrogens (primary N) is 1. The highest BCUT2D eigenvalue weighted by atomic mass is 32.2. The Kier molecular flexibility index (Phi) is 4.25. The second-order valence-electron chi connectivity index (χ2n) is 3.44. The van der Waals surface area contributed by atoms with Crippen LogP contribution in [0.3, 0.4) is 0 Å². The highest BCUT2D eigenvalue weighted by Gasteiger charge is 2.16. The van der Waals surface area contributed by atoms with Gasteiger partial charge in [-0.05, 0) is 31.0 Å². The van der Waals surface area contributed by atoms with Crippen LogP contribution in [-0.2, 0) is 21.2 Å². The standard InChI is InChI=1S/C11H15NO4S/c1-3-8-5-6-9(11(13)16-4-2)7-10(8)17(12,14)15/h5-7H,3-4H2,1-2H3,(H2,12,14,15). The van der Waals surface area contributed by atoms with Crippen LogP contribution in [0.2, 0.25) is 0 Å². The average molecular weight is 257 g/mol. The first-order chi connectivity index (χ1) is 7.90. The molecule has 0 fully saturated rings. The highest BCUT2D eigenvalue weighted by molar-refractivity contribution is 7.89. The molecule has 1 aromatic rings. The van der Waals surface area contributed by atoms with E-state index in [0.29, 0.717) is 12.0 Å². The van der Waals surface area contributed by atoms with Crippen molar-refractivity contribution >= 4 is 16.0 Å². The molecule has 0 spiro atoms. The Labute approximate surface area is 101 Å². The van der Waals surface area contributed by atoms with E-state index in [2.05, 4.69) is 0 Å². The summed E-state index contributed by atoms with van der Waals surface area (Å²) in [6.07, 6.45) is 0.523. The van der Waals surface area contributed by atoms with Gasteiger partial charge >= 0.3 is 5.97 Å². The van der Waals surface area contributed by atoms with Gasteiger partial charge in [-0.2, -0.15) is 0 Å². The third-order valence-electron chi connectivity index (χ3n) is 2.27. The predicted octanol–water partition coefficient (Wildman–Crippen LogP) is 1.07. The van der Waals surface area contributed by atoms with Crippen LogP contribution in [0.4, 0.5) is 0 Å². The summed E-state index contributed by atoms with van der Waals surface area (Å²) in [5.74, 6) is -0.556. The lowest BCUT2D eigenvalue weighted by Crippen LogP contribution is -2.16. The number of hydrogen-bond donors (Lipinski definition) is 1. The van der Waals surface area contributed by atoms with E-state index in [1.54, 1.807) is 13.0 Å². The summed E-state index contributed by atoms with van der Waals surface area (Å²) in [6.45, 7) is 3.73. The first-order valence-electron chi connectivity index (χ1n) is 5.23. The van der Waals surface area contributed by atoms with Gasteiger partial charge in [0.1, 0.15) is 0 Å². The van der Waals surface area contributed by atoms with Crippen molar-refractivity contribution in [2.45, 2.75) is 25.2 Å². The van der Waals surface area contributed by atoms with Crippen LogP contribution < -0.4 is 5.14 Å². The second-order valence-corrected chi connectivity index (χ2v) is 4.97. The molecule has 2 N–H and O–H groups in total. The molecular weight excluding hydrogens is 242 g/mol. The number of esters is 1. The van der Waals surface area contributed by atoms with Crippen molar-refractivity contribution < 1.29 is 17.9 Å². The van der Waals surface area contributed by atoms with Crippen molar-refractivity contribution in [3.63, 3.8) is 0 Å². The molecule has 0 amide bonds. The molecule has 0 aliphatic heterocycles. The lowest BCUT2D eigenvalue weighted by Gasteiger charge is -2.08. The molecule has 0 aromatic heterocycles. The van der Waals surface area contributed by atoms with E-state index in [-0.39, 0.29) is 17.1 Å². The predicted molar refractivity (Wildman–Crippen MR) is 63.1 cm³/mol. The Morgan fingerprint density at radius 1 is 1.35 bits per heavy atom. The summed E-state index contributed by atoms with van der Waals surface area (Å²) in [7, 11) is -3.82. The summed E-state index contributed by atoms with van der Waals surface area (Å²) >= 11 is 0. The SMILES string of the molecule is CCOC(=O)c1ccc(CC)c(S(N)(=O)=O)c1. The van der Waals surface area contributed by atoms with Crippen LogP contribution in [-0.4, -0.2) is 21.0 Å². The van der Waals surface area contributed by atoms with Crippen LogP contribution in [0.15, 0.2) is 23.1 Å². The summed E-state index contributed by atoms with van der Waals surface area (Å²) in [5, 5.41) is 5.10. The van der Waals surface area contributed by atoms with Gasteiger partial charge in [0.05, 0.1) is 17.1 Å². The van der Waals surface area contributed by atoms with Crippen molar-refractivity contribution in [3.8, 4) is 0 Å². The van der Waals surface area contributed by atoms with E-state index < -0.39 is 16.0 Å². The fourth-order valence-electron chi connectivity index (χ4n) is 1.45. The van der Waals surface area contributed by atoms with E-state index in [4.69, 9.17) is 9.88 Å². The molecule has 5 nitrogen and oxygen atoms in total. The molecule has 0 bridgehead atoms. The van der Waals surface area contributed by atoms with Crippen LogP contribution in [0.25, 0.3) is 0 Å². The third kappa shape index (κ3) is 3.28. The number of carbonyl (C=O) groups is 1. The molecule has 0 radical (unpaired) electrons. The molecule has 1 rings (SSSR count). The van der Waals surface area contributed by atoms with Gasteiger partial charge in [0.2, 0.25) is 10.0 Å². The van der Waals surface area contributed by atoms with Crippen molar-refractivity contribution in [1.29, 1.82) is 0 Å². The van der Waals surface area contributed by atoms with Crippen LogP contribution in [0, 0.1) is 0 Å². The molecule has 0 atom stereocenters. The third-order valence-corrected chi connectivity index (χ3v) is 3.26. The zero-order valence-electron chi connectivity index (χ0n) is 9.76. The van der Waals surface area contributed by atoms with Gasteiger partial charge in [-0.15, -0.1) is 0 Å². The minimum absolute atomic E-state index is 0.0226. The zero-order valence-corrected chi connectivity index (χ0v) is 10.6. The molecule has 0 aliphatic rings. The second kappa shape index (κ2) is 5.29. The average Bonchev–Trinajstić information content (AvgIpc) is 2.27. The maximum atomic E-state index is 11.5. The minimum atomic E-state index is -3.82. The largest absolute Gasteiger partial charge is 0.462 e. The lowest BCUT2D eigenvalue weighted by molar-refractivity contribution is 0.0526. The van der Waals surface area contributed by atoms with Gasteiger partial charge in [-0.25, -0.2) is 18.4 Å². The summed E-state index contributed by atoms with van der Waals surface area (Å²) < 4.78 is 27.5. The van der Waals surface area contributed by atoms with E-state index in [1.165, 1.54) is 12.1 Å². The molecule has 6 heteroatoms. The Morgan fingerprint density at radius 2 is 2.00 bits per heavy atom. The topological polar surface area (TPSA) is 86.5 Å². The molecule has 0 aliphatic carbocycles. The summed E-state index contributed by atoms with van der Waals surface area (Å²) in [6, 6.07) is 4.36. The molecule has 0 saturated carbocycles. The molecule has 94 valence electrons. The van der Waals surface area contributed by atoms with E-state index in [9.17, 15) is 13.2 Å². The number of carbonyl (C=O) groups excluding carboxylic acids is 1. The molecular formula is C11H15NO4S. The molecule has 17 heavy (non-hydrogen) atoms. The first kappa shape index (κ1) is 13.7. The molecule has 0 saturated heterocycles.